The topological polar surface area (TPSA) is 71.1 Å². The van der Waals surface area contributed by atoms with E-state index in [1.165, 1.54) is 14.0 Å². The number of carbonyl (C=O) groups excluding carboxylic acids is 2. The molecule has 2 rings (SSSR count). The largest absolute Gasteiger partial charge is 0.459 e. The zero-order valence-corrected chi connectivity index (χ0v) is 13.6. The summed E-state index contributed by atoms with van der Waals surface area (Å²) in [6, 6.07) is 9.43. The lowest BCUT2D eigenvalue weighted by Gasteiger charge is -2.38. The van der Waals surface area contributed by atoms with E-state index in [1.54, 1.807) is 0 Å². The normalized spacial score (nSPS) is 27.3. The predicted octanol–water partition coefficient (Wildman–Crippen LogP) is 1.71. The zero-order valence-electron chi connectivity index (χ0n) is 13.6. The van der Waals surface area contributed by atoms with Gasteiger partial charge < -0.3 is 18.9 Å². The van der Waals surface area contributed by atoms with Crippen molar-refractivity contribution in [3.8, 4) is 0 Å². The van der Waals surface area contributed by atoms with Gasteiger partial charge in [0, 0.05) is 20.0 Å². The van der Waals surface area contributed by atoms with Crippen molar-refractivity contribution in [3.05, 3.63) is 35.9 Å². The van der Waals surface area contributed by atoms with Crippen LogP contribution < -0.4 is 0 Å². The molecule has 0 amide bonds. The number of carbonyl (C=O) groups is 2. The van der Waals surface area contributed by atoms with Crippen LogP contribution in [0.3, 0.4) is 0 Å². The van der Waals surface area contributed by atoms with Crippen molar-refractivity contribution in [2.24, 2.45) is 5.92 Å². The first-order valence-corrected chi connectivity index (χ1v) is 7.55. The van der Waals surface area contributed by atoms with Crippen molar-refractivity contribution in [2.75, 3.05) is 13.7 Å². The van der Waals surface area contributed by atoms with E-state index < -0.39 is 30.3 Å². The highest BCUT2D eigenvalue weighted by Crippen LogP contribution is 2.26. The highest BCUT2D eigenvalue weighted by molar-refractivity contribution is 5.75. The SMILES string of the molecule is CO[C@H]1C(OC(C)=O)COC(C(=O)OCc2ccccc2)[C@H]1C. The molecule has 1 aliphatic heterocycles. The van der Waals surface area contributed by atoms with Crippen LogP contribution in [0.5, 0.6) is 0 Å². The summed E-state index contributed by atoms with van der Waals surface area (Å²) in [7, 11) is 1.52. The van der Waals surface area contributed by atoms with Crippen LogP contribution in [0.25, 0.3) is 0 Å². The van der Waals surface area contributed by atoms with Crippen molar-refractivity contribution in [1.82, 2.24) is 0 Å². The minimum atomic E-state index is -0.740. The highest BCUT2D eigenvalue weighted by atomic mass is 16.6. The van der Waals surface area contributed by atoms with Crippen LogP contribution in [0.15, 0.2) is 30.3 Å². The lowest BCUT2D eigenvalue weighted by atomic mass is 9.91. The van der Waals surface area contributed by atoms with Crippen LogP contribution in [0.1, 0.15) is 19.4 Å². The molecular weight excluding hydrogens is 300 g/mol. The fourth-order valence-electron chi connectivity index (χ4n) is 2.73. The van der Waals surface area contributed by atoms with E-state index in [0.717, 1.165) is 5.56 Å². The minimum absolute atomic E-state index is 0.105. The number of benzene rings is 1. The van der Waals surface area contributed by atoms with Gasteiger partial charge in [-0.2, -0.15) is 0 Å². The number of hydrogen-bond acceptors (Lipinski definition) is 6. The molecule has 0 saturated carbocycles. The second-order valence-corrected chi connectivity index (χ2v) is 5.55. The first-order valence-electron chi connectivity index (χ1n) is 7.55. The first kappa shape index (κ1) is 17.4. The van der Waals surface area contributed by atoms with Gasteiger partial charge in [0.25, 0.3) is 0 Å². The van der Waals surface area contributed by atoms with E-state index >= 15 is 0 Å². The Kier molecular flexibility index (Phi) is 6.12. The molecule has 23 heavy (non-hydrogen) atoms. The zero-order chi connectivity index (χ0) is 16.8. The third kappa shape index (κ3) is 4.53. The van der Waals surface area contributed by atoms with Gasteiger partial charge in [0.15, 0.2) is 12.2 Å². The van der Waals surface area contributed by atoms with Gasteiger partial charge in [0.1, 0.15) is 12.7 Å². The van der Waals surface area contributed by atoms with Gasteiger partial charge in [-0.3, -0.25) is 4.79 Å². The Labute approximate surface area is 135 Å². The second-order valence-electron chi connectivity index (χ2n) is 5.55. The molecular formula is C17H22O6. The Bertz CT molecular complexity index is 529. The van der Waals surface area contributed by atoms with Gasteiger partial charge in [-0.25, -0.2) is 4.79 Å². The van der Waals surface area contributed by atoms with Crippen molar-refractivity contribution in [2.45, 2.75) is 38.8 Å². The van der Waals surface area contributed by atoms with Gasteiger partial charge in [0.2, 0.25) is 0 Å². The summed E-state index contributed by atoms with van der Waals surface area (Å²) in [5, 5.41) is 0. The molecule has 0 aromatic heterocycles. The summed E-state index contributed by atoms with van der Waals surface area (Å²) in [5.41, 5.74) is 0.908. The quantitative estimate of drug-likeness (QED) is 0.769. The Morgan fingerprint density at radius 1 is 1.26 bits per heavy atom. The van der Waals surface area contributed by atoms with Crippen molar-refractivity contribution >= 4 is 11.9 Å². The fourth-order valence-corrected chi connectivity index (χ4v) is 2.73. The summed E-state index contributed by atoms with van der Waals surface area (Å²) < 4.78 is 21.5. The molecule has 1 aliphatic rings. The number of ether oxygens (including phenoxy) is 4. The molecule has 0 N–H and O–H groups in total. The molecule has 126 valence electrons. The molecule has 0 spiro atoms. The maximum Gasteiger partial charge on any atom is 0.335 e. The van der Waals surface area contributed by atoms with Crippen LogP contribution >= 0.6 is 0 Å². The van der Waals surface area contributed by atoms with Crippen LogP contribution in [-0.2, 0) is 35.1 Å². The molecule has 2 unspecified atom stereocenters. The number of esters is 2. The van der Waals surface area contributed by atoms with Crippen molar-refractivity contribution in [1.29, 1.82) is 0 Å². The molecule has 1 fully saturated rings. The summed E-state index contributed by atoms with van der Waals surface area (Å²) in [6.45, 7) is 3.45. The minimum Gasteiger partial charge on any atom is -0.459 e. The molecule has 4 atom stereocenters. The summed E-state index contributed by atoms with van der Waals surface area (Å²) in [4.78, 5) is 23.4. The maximum atomic E-state index is 12.3. The van der Waals surface area contributed by atoms with Crippen LogP contribution in [-0.4, -0.2) is 44.0 Å². The van der Waals surface area contributed by atoms with Crippen LogP contribution in [0, 0.1) is 5.92 Å². The Balaban J connectivity index is 1.94. The standard InChI is InChI=1S/C17H22O6/c1-11-15(20-3)14(23-12(2)18)10-21-16(11)17(19)22-9-13-7-5-4-6-8-13/h4-8,11,14-16H,9-10H2,1-3H3/t11-,14?,15+,16?/m0/s1. The average molecular weight is 322 g/mol. The van der Waals surface area contributed by atoms with Gasteiger partial charge in [-0.15, -0.1) is 0 Å². The van der Waals surface area contributed by atoms with Crippen LogP contribution in [0.2, 0.25) is 0 Å². The van der Waals surface area contributed by atoms with Crippen molar-refractivity contribution in [3.63, 3.8) is 0 Å². The van der Waals surface area contributed by atoms with Crippen molar-refractivity contribution < 1.29 is 28.5 Å². The molecule has 6 heteroatoms. The molecule has 6 nitrogen and oxygen atoms in total. The number of rotatable bonds is 5. The number of methoxy groups -OCH3 is 1. The van der Waals surface area contributed by atoms with Crippen LogP contribution in [0.4, 0.5) is 0 Å². The molecule has 1 saturated heterocycles. The van der Waals surface area contributed by atoms with E-state index in [2.05, 4.69) is 0 Å². The molecule has 0 aliphatic carbocycles. The molecule has 1 aromatic rings. The third-order valence-electron chi connectivity index (χ3n) is 3.85. The molecule has 1 aromatic carbocycles. The monoisotopic (exact) mass is 322 g/mol. The molecule has 1 heterocycles. The highest BCUT2D eigenvalue weighted by Gasteiger charge is 2.43. The van der Waals surface area contributed by atoms with E-state index in [9.17, 15) is 9.59 Å². The van der Waals surface area contributed by atoms with E-state index in [0.29, 0.717) is 0 Å². The Morgan fingerprint density at radius 3 is 2.57 bits per heavy atom. The van der Waals surface area contributed by atoms with Gasteiger partial charge in [-0.05, 0) is 5.56 Å². The molecule has 0 bridgehead atoms. The smallest absolute Gasteiger partial charge is 0.335 e. The molecule has 0 radical (unpaired) electrons. The Morgan fingerprint density at radius 2 is 1.96 bits per heavy atom. The van der Waals surface area contributed by atoms with Gasteiger partial charge >= 0.3 is 11.9 Å². The third-order valence-corrected chi connectivity index (χ3v) is 3.85. The summed E-state index contributed by atoms with van der Waals surface area (Å²) in [6.07, 6.45) is -1.68. The van der Waals surface area contributed by atoms with E-state index in [4.69, 9.17) is 18.9 Å². The number of hydrogen-bond donors (Lipinski definition) is 0. The predicted molar refractivity (Wildman–Crippen MR) is 81.5 cm³/mol. The second kappa shape index (κ2) is 8.08. The average Bonchev–Trinajstić information content (AvgIpc) is 2.53. The fraction of sp³-hybridized carbons (Fsp3) is 0.529. The first-order chi connectivity index (χ1) is 11.0. The van der Waals surface area contributed by atoms with E-state index in [-0.39, 0.29) is 19.1 Å². The summed E-state index contributed by atoms with van der Waals surface area (Å²) in [5.74, 6) is -1.14. The van der Waals surface area contributed by atoms with Gasteiger partial charge in [0.05, 0.1) is 6.61 Å². The Hall–Kier alpha value is -1.92. The lowest BCUT2D eigenvalue weighted by Crippen LogP contribution is -2.53. The summed E-state index contributed by atoms with van der Waals surface area (Å²) >= 11 is 0. The van der Waals surface area contributed by atoms with Gasteiger partial charge in [-0.1, -0.05) is 37.3 Å². The van der Waals surface area contributed by atoms with E-state index in [1.807, 2.05) is 37.3 Å². The maximum absolute atomic E-state index is 12.3. The lowest BCUT2D eigenvalue weighted by molar-refractivity contribution is -0.203.